The van der Waals surface area contributed by atoms with Crippen molar-refractivity contribution in [3.05, 3.63) is 68.0 Å². The number of fused-ring (bicyclic) bond motifs is 1. The zero-order valence-electron chi connectivity index (χ0n) is 14.2. The zero-order chi connectivity index (χ0) is 18.8. The zero-order valence-corrected chi connectivity index (χ0v) is 16.6. The third kappa shape index (κ3) is 3.78. The molecule has 1 N–H and O–H groups in total. The Kier molecular flexibility index (Phi) is 5.02. The summed E-state index contributed by atoms with van der Waals surface area (Å²) in [5.41, 5.74) is 0.719. The van der Waals surface area contributed by atoms with Gasteiger partial charge in [-0.15, -0.1) is 11.3 Å². The van der Waals surface area contributed by atoms with Crippen molar-refractivity contribution in [1.29, 1.82) is 0 Å². The van der Waals surface area contributed by atoms with Crippen LogP contribution in [-0.2, 0) is 6.42 Å². The minimum absolute atomic E-state index is 0.199. The summed E-state index contributed by atoms with van der Waals surface area (Å²) in [6.45, 7) is 2.05. The molecule has 0 radical (unpaired) electrons. The second kappa shape index (κ2) is 7.59. The van der Waals surface area contributed by atoms with E-state index in [4.69, 9.17) is 11.6 Å². The van der Waals surface area contributed by atoms with Crippen LogP contribution in [0.25, 0.3) is 10.2 Å². The molecule has 3 aromatic heterocycles. The molecule has 9 heteroatoms. The number of anilines is 2. The molecule has 3 heterocycles. The standard InChI is InChI=1S/C18H14ClN5OS2/c1-2-12-8-13-16(26-12)20-10-24(17(13)25)21-9-14-15(19)23-18(27-14)22-11-6-4-3-5-7-11/h3-10H,2H2,1H3,(H,22,23). The number of thiophene rings is 1. The molecule has 0 aliphatic heterocycles. The Bertz CT molecular complexity index is 1180. The molecule has 0 atom stereocenters. The average Bonchev–Trinajstić information content (AvgIpc) is 3.25. The Morgan fingerprint density at radius 1 is 1.30 bits per heavy atom. The molecular formula is C18H14ClN5OS2. The van der Waals surface area contributed by atoms with E-state index in [1.807, 2.05) is 43.3 Å². The number of hydrogen-bond acceptors (Lipinski definition) is 7. The van der Waals surface area contributed by atoms with Crippen molar-refractivity contribution in [1.82, 2.24) is 14.6 Å². The van der Waals surface area contributed by atoms with Crippen LogP contribution >= 0.6 is 34.3 Å². The average molecular weight is 416 g/mol. The van der Waals surface area contributed by atoms with Crippen LogP contribution in [0.1, 0.15) is 16.7 Å². The van der Waals surface area contributed by atoms with Crippen molar-refractivity contribution in [2.45, 2.75) is 13.3 Å². The van der Waals surface area contributed by atoms with Gasteiger partial charge < -0.3 is 5.32 Å². The monoisotopic (exact) mass is 415 g/mol. The van der Waals surface area contributed by atoms with E-state index < -0.39 is 0 Å². The second-order valence-corrected chi connectivity index (χ2v) is 8.09. The van der Waals surface area contributed by atoms with E-state index in [2.05, 4.69) is 20.4 Å². The van der Waals surface area contributed by atoms with Gasteiger partial charge in [-0.1, -0.05) is 48.1 Å². The lowest BCUT2D eigenvalue weighted by molar-refractivity contribution is 0.819. The Morgan fingerprint density at radius 2 is 2.11 bits per heavy atom. The van der Waals surface area contributed by atoms with Gasteiger partial charge in [0.1, 0.15) is 11.2 Å². The Hall–Kier alpha value is -2.55. The van der Waals surface area contributed by atoms with Gasteiger partial charge in [0.2, 0.25) is 0 Å². The quantitative estimate of drug-likeness (QED) is 0.477. The third-order valence-corrected chi connectivity index (χ3v) is 6.26. The van der Waals surface area contributed by atoms with Crippen molar-refractivity contribution in [3.8, 4) is 0 Å². The van der Waals surface area contributed by atoms with Crippen LogP contribution in [0.15, 0.2) is 52.6 Å². The van der Waals surface area contributed by atoms with Crippen molar-refractivity contribution >= 4 is 61.5 Å². The van der Waals surface area contributed by atoms with E-state index in [0.717, 1.165) is 21.8 Å². The molecule has 0 fully saturated rings. The summed E-state index contributed by atoms with van der Waals surface area (Å²) in [7, 11) is 0. The molecule has 0 bridgehead atoms. The normalized spacial score (nSPS) is 11.5. The molecule has 0 saturated carbocycles. The largest absolute Gasteiger partial charge is 0.331 e. The minimum Gasteiger partial charge on any atom is -0.331 e. The molecule has 0 aliphatic carbocycles. The highest BCUT2D eigenvalue weighted by molar-refractivity contribution is 7.18. The SMILES string of the molecule is CCc1cc2c(=O)n(N=Cc3sc(Nc4ccccc4)nc3Cl)cnc2s1. The molecule has 0 unspecified atom stereocenters. The first-order valence-electron chi connectivity index (χ1n) is 8.17. The number of halogens is 1. The molecule has 0 amide bonds. The summed E-state index contributed by atoms with van der Waals surface area (Å²) < 4.78 is 1.22. The lowest BCUT2D eigenvalue weighted by Crippen LogP contribution is -2.16. The Labute approximate surface area is 167 Å². The van der Waals surface area contributed by atoms with E-state index in [1.54, 1.807) is 0 Å². The number of para-hydroxylation sites is 1. The molecular weight excluding hydrogens is 402 g/mol. The summed E-state index contributed by atoms with van der Waals surface area (Å²) in [4.78, 5) is 23.7. The molecule has 6 nitrogen and oxygen atoms in total. The smallest absolute Gasteiger partial charge is 0.282 e. The highest BCUT2D eigenvalue weighted by Gasteiger charge is 2.10. The molecule has 4 rings (SSSR count). The van der Waals surface area contributed by atoms with Gasteiger partial charge in [-0.25, -0.2) is 9.97 Å². The van der Waals surface area contributed by atoms with Gasteiger partial charge >= 0.3 is 0 Å². The molecule has 27 heavy (non-hydrogen) atoms. The number of benzene rings is 1. The topological polar surface area (TPSA) is 72.2 Å². The molecule has 0 saturated heterocycles. The van der Waals surface area contributed by atoms with Crippen LogP contribution in [0.2, 0.25) is 5.15 Å². The van der Waals surface area contributed by atoms with Crippen LogP contribution in [-0.4, -0.2) is 20.9 Å². The van der Waals surface area contributed by atoms with Gasteiger partial charge in [0.15, 0.2) is 10.3 Å². The third-order valence-electron chi connectivity index (χ3n) is 3.77. The summed E-state index contributed by atoms with van der Waals surface area (Å²) >= 11 is 9.08. The van der Waals surface area contributed by atoms with Gasteiger partial charge in [-0.2, -0.15) is 9.78 Å². The highest BCUT2D eigenvalue weighted by Crippen LogP contribution is 2.28. The maximum absolute atomic E-state index is 12.6. The number of nitrogens with one attached hydrogen (secondary N) is 1. The van der Waals surface area contributed by atoms with Crippen LogP contribution < -0.4 is 10.9 Å². The first-order chi connectivity index (χ1) is 13.1. The summed E-state index contributed by atoms with van der Waals surface area (Å²) in [5, 5.41) is 8.97. The number of hydrogen-bond donors (Lipinski definition) is 1. The summed E-state index contributed by atoms with van der Waals surface area (Å²) in [6, 6.07) is 11.6. The lowest BCUT2D eigenvalue weighted by Gasteiger charge is -2.00. The molecule has 4 aromatic rings. The minimum atomic E-state index is -0.199. The number of thiazole rings is 1. The van der Waals surface area contributed by atoms with Gasteiger partial charge in [-0.3, -0.25) is 4.79 Å². The number of rotatable bonds is 5. The first kappa shape index (κ1) is 17.8. The van der Waals surface area contributed by atoms with E-state index in [-0.39, 0.29) is 5.56 Å². The van der Waals surface area contributed by atoms with Gasteiger partial charge in [-0.05, 0) is 24.6 Å². The predicted octanol–water partition coefficient (Wildman–Crippen LogP) is 4.76. The van der Waals surface area contributed by atoms with Gasteiger partial charge in [0.05, 0.1) is 16.5 Å². The Morgan fingerprint density at radius 3 is 2.89 bits per heavy atom. The fraction of sp³-hybridized carbons (Fsp3) is 0.111. The van der Waals surface area contributed by atoms with Crippen molar-refractivity contribution in [2.24, 2.45) is 5.10 Å². The fourth-order valence-electron chi connectivity index (χ4n) is 2.43. The first-order valence-corrected chi connectivity index (χ1v) is 10.2. The molecule has 0 aliphatic rings. The van der Waals surface area contributed by atoms with E-state index >= 15 is 0 Å². The second-order valence-electron chi connectivity index (χ2n) is 5.59. The van der Waals surface area contributed by atoms with E-state index in [0.29, 0.717) is 20.5 Å². The maximum atomic E-state index is 12.6. The van der Waals surface area contributed by atoms with Gasteiger partial charge in [0.25, 0.3) is 5.56 Å². The van der Waals surface area contributed by atoms with Crippen molar-refractivity contribution < 1.29 is 0 Å². The maximum Gasteiger partial charge on any atom is 0.282 e. The summed E-state index contributed by atoms with van der Waals surface area (Å²) in [5.74, 6) is 0. The highest BCUT2D eigenvalue weighted by atomic mass is 35.5. The Balaban J connectivity index is 1.60. The van der Waals surface area contributed by atoms with Crippen LogP contribution in [0.3, 0.4) is 0 Å². The molecule has 136 valence electrons. The van der Waals surface area contributed by atoms with Crippen LogP contribution in [0.4, 0.5) is 10.8 Å². The summed E-state index contributed by atoms with van der Waals surface area (Å²) in [6.07, 6.45) is 3.82. The van der Waals surface area contributed by atoms with Crippen LogP contribution in [0, 0.1) is 0 Å². The number of aryl methyl sites for hydroxylation is 1. The van der Waals surface area contributed by atoms with E-state index in [9.17, 15) is 4.79 Å². The lowest BCUT2D eigenvalue weighted by atomic mass is 10.3. The van der Waals surface area contributed by atoms with Crippen molar-refractivity contribution in [2.75, 3.05) is 5.32 Å². The fourth-order valence-corrected chi connectivity index (χ4v) is 4.39. The van der Waals surface area contributed by atoms with Gasteiger partial charge in [0, 0.05) is 10.6 Å². The molecule has 1 aromatic carbocycles. The van der Waals surface area contributed by atoms with E-state index in [1.165, 1.54) is 39.9 Å². The predicted molar refractivity (Wildman–Crippen MR) is 113 cm³/mol. The van der Waals surface area contributed by atoms with Crippen LogP contribution in [0.5, 0.6) is 0 Å². The number of aromatic nitrogens is 3. The number of nitrogens with zero attached hydrogens (tertiary/aromatic N) is 4. The molecule has 0 spiro atoms. The van der Waals surface area contributed by atoms with Crippen molar-refractivity contribution in [3.63, 3.8) is 0 Å².